The minimum absolute atomic E-state index is 0.0173. The molecular weight excluding hydrogens is 360 g/mol. The predicted molar refractivity (Wildman–Crippen MR) is 104 cm³/mol. The summed E-state index contributed by atoms with van der Waals surface area (Å²) in [6.07, 6.45) is 2.78. The zero-order chi connectivity index (χ0) is 20.4. The quantitative estimate of drug-likeness (QED) is 0.622. The molecule has 28 heavy (non-hydrogen) atoms. The van der Waals surface area contributed by atoms with Gasteiger partial charge in [0.05, 0.1) is 10.5 Å². The van der Waals surface area contributed by atoms with Crippen molar-refractivity contribution >= 4 is 17.6 Å². The van der Waals surface area contributed by atoms with E-state index in [4.69, 9.17) is 0 Å². The zero-order valence-electron chi connectivity index (χ0n) is 15.8. The van der Waals surface area contributed by atoms with Crippen LogP contribution in [0, 0.1) is 17.0 Å². The average molecular weight is 382 g/mol. The van der Waals surface area contributed by atoms with E-state index in [9.17, 15) is 24.8 Å². The van der Waals surface area contributed by atoms with Crippen molar-refractivity contribution in [2.45, 2.75) is 38.1 Å². The summed E-state index contributed by atoms with van der Waals surface area (Å²) in [6, 6.07) is 11.5. The molecule has 0 aromatic heterocycles. The molecule has 2 aromatic rings. The van der Waals surface area contributed by atoms with Crippen molar-refractivity contribution in [3.63, 3.8) is 0 Å². The Morgan fingerprint density at radius 1 is 1.11 bits per heavy atom. The number of amides is 1. The summed E-state index contributed by atoms with van der Waals surface area (Å²) in [5.41, 5.74) is 1.67. The SMILES string of the molecule is Cc1ccc(C2CCCC2N(C)C(=O)c2cc(C(=O)O)cc([N+](=O)[O-])c2)cc1. The number of benzene rings is 2. The predicted octanol–water partition coefficient (Wildman–Crippen LogP) is 4.01. The third-order valence-electron chi connectivity index (χ3n) is 5.43. The molecule has 0 heterocycles. The molecule has 7 nitrogen and oxygen atoms in total. The Kier molecular flexibility index (Phi) is 5.44. The third kappa shape index (κ3) is 3.88. The third-order valence-corrected chi connectivity index (χ3v) is 5.43. The second kappa shape index (κ2) is 7.80. The van der Waals surface area contributed by atoms with Gasteiger partial charge in [0.2, 0.25) is 0 Å². The molecular formula is C21H22N2O5. The first kappa shape index (κ1) is 19.5. The van der Waals surface area contributed by atoms with E-state index in [1.807, 2.05) is 19.1 Å². The Hall–Kier alpha value is -3.22. The molecule has 0 spiro atoms. The number of carboxylic acids is 1. The molecule has 0 bridgehead atoms. The van der Waals surface area contributed by atoms with Crippen LogP contribution in [-0.4, -0.2) is 39.9 Å². The minimum Gasteiger partial charge on any atom is -0.478 e. The lowest BCUT2D eigenvalue weighted by atomic mass is 9.92. The molecule has 1 N–H and O–H groups in total. The van der Waals surface area contributed by atoms with Crippen LogP contribution in [0.4, 0.5) is 5.69 Å². The molecule has 2 aromatic carbocycles. The van der Waals surface area contributed by atoms with Crippen LogP contribution < -0.4 is 0 Å². The van der Waals surface area contributed by atoms with Gasteiger partial charge in [-0.05, 0) is 31.4 Å². The highest BCUT2D eigenvalue weighted by molar-refractivity contribution is 5.98. The first-order chi connectivity index (χ1) is 13.3. The molecule has 7 heteroatoms. The van der Waals surface area contributed by atoms with Crippen LogP contribution in [0.1, 0.15) is 57.0 Å². The van der Waals surface area contributed by atoms with Crippen molar-refractivity contribution in [3.05, 3.63) is 74.8 Å². The van der Waals surface area contributed by atoms with Gasteiger partial charge in [-0.1, -0.05) is 36.2 Å². The second-order valence-electron chi connectivity index (χ2n) is 7.26. The summed E-state index contributed by atoms with van der Waals surface area (Å²) in [7, 11) is 1.68. The van der Waals surface area contributed by atoms with Gasteiger partial charge in [-0.3, -0.25) is 14.9 Å². The van der Waals surface area contributed by atoms with Crippen molar-refractivity contribution in [1.29, 1.82) is 0 Å². The fourth-order valence-corrected chi connectivity index (χ4v) is 3.92. The summed E-state index contributed by atoms with van der Waals surface area (Å²) < 4.78 is 0. The van der Waals surface area contributed by atoms with E-state index in [2.05, 4.69) is 12.1 Å². The van der Waals surface area contributed by atoms with Crippen LogP contribution in [0.5, 0.6) is 0 Å². The highest BCUT2D eigenvalue weighted by Gasteiger charge is 2.34. The fraction of sp³-hybridized carbons (Fsp3) is 0.333. The number of hydrogen-bond donors (Lipinski definition) is 1. The van der Waals surface area contributed by atoms with Crippen molar-refractivity contribution in [2.75, 3.05) is 7.05 Å². The van der Waals surface area contributed by atoms with E-state index >= 15 is 0 Å². The van der Waals surface area contributed by atoms with E-state index in [1.165, 1.54) is 11.6 Å². The van der Waals surface area contributed by atoms with Crippen LogP contribution in [-0.2, 0) is 0 Å². The van der Waals surface area contributed by atoms with E-state index in [1.54, 1.807) is 11.9 Å². The highest BCUT2D eigenvalue weighted by atomic mass is 16.6. The Morgan fingerprint density at radius 2 is 1.75 bits per heavy atom. The molecule has 1 saturated carbocycles. The summed E-state index contributed by atoms with van der Waals surface area (Å²) in [6.45, 7) is 2.02. The molecule has 0 radical (unpaired) electrons. The molecule has 1 amide bonds. The van der Waals surface area contributed by atoms with Crippen molar-refractivity contribution in [2.24, 2.45) is 0 Å². The zero-order valence-corrected chi connectivity index (χ0v) is 15.8. The topological polar surface area (TPSA) is 101 Å². The van der Waals surface area contributed by atoms with Crippen LogP contribution in [0.25, 0.3) is 0 Å². The lowest BCUT2D eigenvalue weighted by Crippen LogP contribution is -2.38. The monoisotopic (exact) mass is 382 g/mol. The van der Waals surface area contributed by atoms with Gasteiger partial charge < -0.3 is 10.0 Å². The molecule has 1 aliphatic rings. The summed E-state index contributed by atoms with van der Waals surface area (Å²) >= 11 is 0. The molecule has 2 atom stereocenters. The fourth-order valence-electron chi connectivity index (χ4n) is 3.92. The van der Waals surface area contributed by atoms with Crippen LogP contribution >= 0.6 is 0 Å². The number of likely N-dealkylation sites (N-methyl/N-ethyl adjacent to an activating group) is 1. The number of carboxylic acid groups (broad SMARTS) is 1. The number of carbonyl (C=O) groups is 2. The van der Waals surface area contributed by atoms with E-state index in [0.717, 1.165) is 37.0 Å². The van der Waals surface area contributed by atoms with Gasteiger partial charge in [0, 0.05) is 36.7 Å². The van der Waals surface area contributed by atoms with E-state index in [0.29, 0.717) is 0 Å². The van der Waals surface area contributed by atoms with Gasteiger partial charge in [0.15, 0.2) is 0 Å². The number of aromatic carboxylic acids is 1. The molecule has 1 fully saturated rings. The lowest BCUT2D eigenvalue weighted by molar-refractivity contribution is -0.384. The summed E-state index contributed by atoms with van der Waals surface area (Å²) in [5.74, 6) is -1.53. The van der Waals surface area contributed by atoms with Gasteiger partial charge in [-0.25, -0.2) is 4.79 Å². The number of rotatable bonds is 5. The molecule has 2 unspecified atom stereocenters. The number of nitrogens with zero attached hydrogens (tertiary/aromatic N) is 2. The molecule has 0 aliphatic heterocycles. The Balaban J connectivity index is 1.90. The smallest absolute Gasteiger partial charge is 0.335 e. The number of aryl methyl sites for hydroxylation is 1. The largest absolute Gasteiger partial charge is 0.478 e. The van der Waals surface area contributed by atoms with Gasteiger partial charge in [0.1, 0.15) is 0 Å². The molecule has 1 aliphatic carbocycles. The van der Waals surface area contributed by atoms with Gasteiger partial charge in [0.25, 0.3) is 11.6 Å². The molecule has 3 rings (SSSR count). The normalized spacial score (nSPS) is 18.6. The van der Waals surface area contributed by atoms with Crippen molar-refractivity contribution in [3.8, 4) is 0 Å². The standard InChI is InChI=1S/C21H22N2O5/c1-13-6-8-14(9-7-13)18-4-3-5-19(18)22(2)20(24)15-10-16(21(25)26)12-17(11-15)23(27)28/h6-12,18-19H,3-5H2,1-2H3,(H,25,26). The van der Waals surface area contributed by atoms with Crippen LogP contribution in [0.3, 0.4) is 0 Å². The number of nitro benzene ring substituents is 1. The Labute approximate surface area is 162 Å². The number of non-ortho nitro benzene ring substituents is 1. The Morgan fingerprint density at radius 3 is 2.36 bits per heavy atom. The van der Waals surface area contributed by atoms with E-state index < -0.39 is 22.5 Å². The number of hydrogen-bond acceptors (Lipinski definition) is 4. The van der Waals surface area contributed by atoms with Gasteiger partial charge >= 0.3 is 5.97 Å². The summed E-state index contributed by atoms with van der Waals surface area (Å²) in [4.78, 5) is 36.4. The maximum absolute atomic E-state index is 13.0. The van der Waals surface area contributed by atoms with Gasteiger partial charge in [-0.15, -0.1) is 0 Å². The first-order valence-electron chi connectivity index (χ1n) is 9.14. The molecule has 146 valence electrons. The number of nitro groups is 1. The second-order valence-corrected chi connectivity index (χ2v) is 7.26. The number of carbonyl (C=O) groups excluding carboxylic acids is 1. The van der Waals surface area contributed by atoms with Crippen molar-refractivity contribution < 1.29 is 19.6 Å². The van der Waals surface area contributed by atoms with Crippen LogP contribution in [0.2, 0.25) is 0 Å². The maximum Gasteiger partial charge on any atom is 0.335 e. The van der Waals surface area contributed by atoms with Crippen LogP contribution in [0.15, 0.2) is 42.5 Å². The first-order valence-corrected chi connectivity index (χ1v) is 9.14. The minimum atomic E-state index is -1.31. The van der Waals surface area contributed by atoms with Gasteiger partial charge in [-0.2, -0.15) is 0 Å². The van der Waals surface area contributed by atoms with Crippen molar-refractivity contribution in [1.82, 2.24) is 4.90 Å². The highest BCUT2D eigenvalue weighted by Crippen LogP contribution is 2.38. The van der Waals surface area contributed by atoms with E-state index in [-0.39, 0.29) is 23.1 Å². The summed E-state index contributed by atoms with van der Waals surface area (Å²) in [5, 5.41) is 20.3. The molecule has 0 saturated heterocycles. The average Bonchev–Trinajstić information content (AvgIpc) is 3.16. The lowest BCUT2D eigenvalue weighted by Gasteiger charge is -2.30. The Bertz CT molecular complexity index is 891. The maximum atomic E-state index is 13.0.